The smallest absolute Gasteiger partial charge is 0.266 e. The molecule has 1 fully saturated rings. The highest BCUT2D eigenvalue weighted by atomic mass is 19.1. The Morgan fingerprint density at radius 3 is 2.61 bits per heavy atom. The number of fused-ring (bicyclic) bond motifs is 1. The van der Waals surface area contributed by atoms with Crippen LogP contribution in [-0.4, -0.2) is 28.4 Å². The molecule has 28 heavy (non-hydrogen) atoms. The van der Waals surface area contributed by atoms with Crippen LogP contribution in [0.1, 0.15) is 24.3 Å². The zero-order valence-corrected chi connectivity index (χ0v) is 15.1. The van der Waals surface area contributed by atoms with Crippen molar-refractivity contribution in [1.82, 2.24) is 15.2 Å². The summed E-state index contributed by atoms with van der Waals surface area (Å²) in [4.78, 5) is 4.63. The van der Waals surface area contributed by atoms with E-state index < -0.39 is 5.41 Å². The van der Waals surface area contributed by atoms with Gasteiger partial charge in [0, 0.05) is 18.6 Å². The first-order valence-corrected chi connectivity index (χ1v) is 9.29. The van der Waals surface area contributed by atoms with E-state index in [0.29, 0.717) is 43.5 Å². The Hall–Kier alpha value is -3.12. The van der Waals surface area contributed by atoms with Crippen molar-refractivity contribution in [2.75, 3.05) is 13.2 Å². The standard InChI is InChI=1S/C22H18FN3O2/c23-17-6-3-5-16(14-17)22(10-12-27-13-11-22)21-26-25-20(28-21)19-9-8-15-4-1-2-7-18(15)24-19/h1-9,14H,10-13H2. The first-order chi connectivity index (χ1) is 13.7. The minimum atomic E-state index is -0.553. The predicted octanol–water partition coefficient (Wildman–Crippen LogP) is 4.52. The molecule has 4 aromatic rings. The number of rotatable bonds is 3. The minimum absolute atomic E-state index is 0.278. The first kappa shape index (κ1) is 17.0. The molecule has 2 aromatic heterocycles. The molecule has 5 nitrogen and oxygen atoms in total. The molecule has 0 bridgehead atoms. The predicted molar refractivity (Wildman–Crippen MR) is 102 cm³/mol. The molecule has 0 amide bonds. The van der Waals surface area contributed by atoms with Crippen LogP contribution in [0.5, 0.6) is 0 Å². The van der Waals surface area contributed by atoms with E-state index in [1.807, 2.05) is 42.5 Å². The molecular weight excluding hydrogens is 357 g/mol. The van der Waals surface area contributed by atoms with Gasteiger partial charge in [-0.15, -0.1) is 10.2 Å². The van der Waals surface area contributed by atoms with Crippen LogP contribution in [0.4, 0.5) is 4.39 Å². The third-order valence-electron chi connectivity index (χ3n) is 5.38. The maximum Gasteiger partial charge on any atom is 0.266 e. The van der Waals surface area contributed by atoms with Crippen molar-refractivity contribution in [3.05, 3.63) is 77.9 Å². The zero-order valence-electron chi connectivity index (χ0n) is 15.1. The van der Waals surface area contributed by atoms with Crippen molar-refractivity contribution in [3.63, 3.8) is 0 Å². The Morgan fingerprint density at radius 1 is 0.893 bits per heavy atom. The molecule has 2 aromatic carbocycles. The summed E-state index contributed by atoms with van der Waals surface area (Å²) in [6.07, 6.45) is 1.31. The van der Waals surface area contributed by atoms with Gasteiger partial charge in [0.05, 0.1) is 10.9 Å². The lowest BCUT2D eigenvalue weighted by atomic mass is 9.74. The van der Waals surface area contributed by atoms with E-state index in [0.717, 1.165) is 16.5 Å². The van der Waals surface area contributed by atoms with Crippen LogP contribution in [-0.2, 0) is 10.2 Å². The van der Waals surface area contributed by atoms with Crippen LogP contribution in [0.15, 0.2) is 65.1 Å². The monoisotopic (exact) mass is 375 g/mol. The van der Waals surface area contributed by atoms with Gasteiger partial charge in [0.25, 0.3) is 5.89 Å². The third-order valence-corrected chi connectivity index (χ3v) is 5.38. The number of para-hydroxylation sites is 1. The molecule has 3 heterocycles. The maximum absolute atomic E-state index is 13.9. The molecule has 0 spiro atoms. The summed E-state index contributed by atoms with van der Waals surface area (Å²) >= 11 is 0. The fourth-order valence-electron chi connectivity index (χ4n) is 3.84. The number of ether oxygens (including phenoxy) is 1. The van der Waals surface area contributed by atoms with E-state index >= 15 is 0 Å². The van der Waals surface area contributed by atoms with Gasteiger partial charge in [0.1, 0.15) is 11.5 Å². The number of benzene rings is 2. The van der Waals surface area contributed by atoms with Crippen molar-refractivity contribution >= 4 is 10.9 Å². The third kappa shape index (κ3) is 2.86. The van der Waals surface area contributed by atoms with E-state index in [4.69, 9.17) is 9.15 Å². The second-order valence-electron chi connectivity index (χ2n) is 7.01. The van der Waals surface area contributed by atoms with E-state index in [1.165, 1.54) is 6.07 Å². The molecule has 1 aliphatic rings. The van der Waals surface area contributed by atoms with E-state index in [1.54, 1.807) is 12.1 Å². The fraction of sp³-hybridized carbons (Fsp3) is 0.227. The number of aromatic nitrogens is 3. The molecule has 0 saturated carbocycles. The largest absolute Gasteiger partial charge is 0.418 e. The average molecular weight is 375 g/mol. The second kappa shape index (κ2) is 6.80. The molecule has 0 atom stereocenters. The Balaban J connectivity index is 1.58. The summed E-state index contributed by atoms with van der Waals surface area (Å²) < 4.78 is 25.6. The molecule has 1 saturated heterocycles. The summed E-state index contributed by atoms with van der Waals surface area (Å²) in [6.45, 7) is 1.12. The summed E-state index contributed by atoms with van der Waals surface area (Å²) in [5.74, 6) is 0.564. The van der Waals surface area contributed by atoms with Gasteiger partial charge in [-0.05, 0) is 42.7 Å². The van der Waals surface area contributed by atoms with Gasteiger partial charge < -0.3 is 9.15 Å². The number of halogens is 1. The van der Waals surface area contributed by atoms with Crippen molar-refractivity contribution in [2.24, 2.45) is 0 Å². The number of pyridine rings is 1. The van der Waals surface area contributed by atoms with Crippen LogP contribution in [0.25, 0.3) is 22.5 Å². The van der Waals surface area contributed by atoms with Gasteiger partial charge in [-0.3, -0.25) is 0 Å². The summed E-state index contributed by atoms with van der Waals surface area (Å²) in [7, 11) is 0. The SMILES string of the molecule is Fc1cccc(C2(c3nnc(-c4ccc5ccccc5n4)o3)CCOCC2)c1. The molecule has 140 valence electrons. The van der Waals surface area contributed by atoms with E-state index in [2.05, 4.69) is 15.2 Å². The minimum Gasteiger partial charge on any atom is -0.418 e. The van der Waals surface area contributed by atoms with Crippen LogP contribution in [0, 0.1) is 5.82 Å². The lowest BCUT2D eigenvalue weighted by Crippen LogP contribution is -2.35. The Labute approximate surface area is 161 Å². The summed E-state index contributed by atoms with van der Waals surface area (Å²) in [6, 6.07) is 18.3. The van der Waals surface area contributed by atoms with Gasteiger partial charge in [0.15, 0.2) is 0 Å². The highest BCUT2D eigenvalue weighted by Gasteiger charge is 2.41. The quantitative estimate of drug-likeness (QED) is 0.527. The first-order valence-electron chi connectivity index (χ1n) is 9.29. The van der Waals surface area contributed by atoms with Gasteiger partial charge in [0.2, 0.25) is 5.89 Å². The lowest BCUT2D eigenvalue weighted by molar-refractivity contribution is 0.0545. The van der Waals surface area contributed by atoms with Gasteiger partial charge in [-0.2, -0.15) is 0 Å². The molecule has 1 aliphatic heterocycles. The van der Waals surface area contributed by atoms with Crippen LogP contribution in [0.3, 0.4) is 0 Å². The molecule has 5 rings (SSSR count). The van der Waals surface area contributed by atoms with Gasteiger partial charge in [-0.25, -0.2) is 9.37 Å². The number of nitrogens with zero attached hydrogens (tertiary/aromatic N) is 3. The molecule has 0 radical (unpaired) electrons. The summed E-state index contributed by atoms with van der Waals surface area (Å²) in [5, 5.41) is 9.64. The number of hydrogen-bond donors (Lipinski definition) is 0. The Bertz CT molecular complexity index is 1140. The van der Waals surface area contributed by atoms with E-state index in [9.17, 15) is 4.39 Å². The Kier molecular flexibility index (Phi) is 4.13. The lowest BCUT2D eigenvalue weighted by Gasteiger charge is -2.34. The normalized spacial score (nSPS) is 16.3. The fourth-order valence-corrected chi connectivity index (χ4v) is 3.84. The molecule has 0 aliphatic carbocycles. The van der Waals surface area contributed by atoms with Crippen molar-refractivity contribution in [2.45, 2.75) is 18.3 Å². The number of hydrogen-bond acceptors (Lipinski definition) is 5. The van der Waals surface area contributed by atoms with Crippen LogP contribution in [0.2, 0.25) is 0 Å². The molecule has 0 unspecified atom stereocenters. The highest BCUT2D eigenvalue weighted by Crippen LogP contribution is 2.41. The van der Waals surface area contributed by atoms with E-state index in [-0.39, 0.29) is 5.82 Å². The van der Waals surface area contributed by atoms with Crippen LogP contribution >= 0.6 is 0 Å². The average Bonchev–Trinajstić information content (AvgIpc) is 3.25. The molecule has 6 heteroatoms. The second-order valence-corrected chi connectivity index (χ2v) is 7.01. The van der Waals surface area contributed by atoms with Crippen LogP contribution < -0.4 is 0 Å². The molecule has 0 N–H and O–H groups in total. The van der Waals surface area contributed by atoms with Crippen molar-refractivity contribution in [1.29, 1.82) is 0 Å². The topological polar surface area (TPSA) is 61.0 Å². The van der Waals surface area contributed by atoms with Crippen molar-refractivity contribution in [3.8, 4) is 11.6 Å². The summed E-state index contributed by atoms with van der Waals surface area (Å²) in [5.41, 5.74) is 1.77. The van der Waals surface area contributed by atoms with Gasteiger partial charge >= 0.3 is 0 Å². The maximum atomic E-state index is 13.9. The Morgan fingerprint density at radius 2 is 1.75 bits per heavy atom. The molecular formula is C22H18FN3O2. The van der Waals surface area contributed by atoms with Crippen molar-refractivity contribution < 1.29 is 13.5 Å². The van der Waals surface area contributed by atoms with Gasteiger partial charge in [-0.1, -0.05) is 36.4 Å². The zero-order chi connectivity index (χ0) is 19.0. The highest BCUT2D eigenvalue weighted by molar-refractivity contribution is 5.80.